The Morgan fingerprint density at radius 1 is 0.875 bits per heavy atom. The Labute approximate surface area is 189 Å². The molecule has 0 fully saturated rings. The Morgan fingerprint density at radius 3 is 2.25 bits per heavy atom. The minimum atomic E-state index is 0.200. The Kier molecular flexibility index (Phi) is 5.89. The van der Waals surface area contributed by atoms with Gasteiger partial charge in [-0.1, -0.05) is 84.4 Å². The van der Waals surface area contributed by atoms with E-state index in [1.807, 2.05) is 48.5 Å². The van der Waals surface area contributed by atoms with E-state index < -0.39 is 0 Å². The predicted molar refractivity (Wildman–Crippen MR) is 129 cm³/mol. The van der Waals surface area contributed by atoms with Crippen LogP contribution in [0.2, 0.25) is 0 Å². The molecule has 1 aliphatic rings. The average molecular weight is 422 g/mol. The molecule has 1 atom stereocenters. The van der Waals surface area contributed by atoms with Crippen LogP contribution in [0.1, 0.15) is 36.6 Å². The van der Waals surface area contributed by atoms with Gasteiger partial charge in [0, 0.05) is 11.1 Å². The van der Waals surface area contributed by atoms with Gasteiger partial charge < -0.3 is 9.15 Å². The first kappa shape index (κ1) is 20.3. The number of benzene rings is 3. The van der Waals surface area contributed by atoms with Gasteiger partial charge in [0.2, 0.25) is 5.89 Å². The third-order valence-corrected chi connectivity index (χ3v) is 6.14. The van der Waals surface area contributed by atoms with Gasteiger partial charge in [-0.2, -0.15) is 0 Å². The summed E-state index contributed by atoms with van der Waals surface area (Å²) in [6, 6.07) is 29.0. The molecule has 0 amide bonds. The lowest BCUT2D eigenvalue weighted by Crippen LogP contribution is -2.10. The van der Waals surface area contributed by atoms with Crippen LogP contribution in [0.4, 0.5) is 0 Å². The van der Waals surface area contributed by atoms with Crippen molar-refractivity contribution in [2.75, 3.05) is 7.11 Å². The van der Waals surface area contributed by atoms with Crippen LogP contribution in [0.5, 0.6) is 5.75 Å². The first-order valence-corrected chi connectivity index (χ1v) is 11.3. The number of methoxy groups -OCH3 is 1. The maximum atomic E-state index is 6.53. The van der Waals surface area contributed by atoms with Crippen LogP contribution in [0.15, 0.2) is 101 Å². The number of hydrogen-bond acceptors (Lipinski definition) is 3. The van der Waals surface area contributed by atoms with E-state index in [1.54, 1.807) is 7.11 Å². The van der Waals surface area contributed by atoms with Crippen molar-refractivity contribution >= 4 is 0 Å². The van der Waals surface area contributed by atoms with Gasteiger partial charge in [-0.05, 0) is 43.4 Å². The molecule has 0 spiro atoms. The maximum absolute atomic E-state index is 6.53. The van der Waals surface area contributed by atoms with Crippen LogP contribution in [0, 0.1) is 0 Å². The molecule has 0 radical (unpaired) electrons. The van der Waals surface area contributed by atoms with Gasteiger partial charge in [-0.25, -0.2) is 4.98 Å². The predicted octanol–water partition coefficient (Wildman–Crippen LogP) is 7.45. The second-order valence-electron chi connectivity index (χ2n) is 8.25. The molecule has 0 aliphatic heterocycles. The summed E-state index contributed by atoms with van der Waals surface area (Å²) in [7, 11) is 1.70. The third kappa shape index (κ3) is 4.24. The van der Waals surface area contributed by atoms with Crippen molar-refractivity contribution in [3.05, 3.63) is 108 Å². The molecule has 1 aliphatic carbocycles. The molecule has 0 N–H and O–H groups in total. The number of allylic oxidation sites excluding steroid dienone is 2. The zero-order valence-corrected chi connectivity index (χ0v) is 18.3. The fourth-order valence-corrected chi connectivity index (χ4v) is 4.46. The Morgan fingerprint density at radius 2 is 1.56 bits per heavy atom. The van der Waals surface area contributed by atoms with E-state index in [0.29, 0.717) is 0 Å². The molecule has 3 nitrogen and oxygen atoms in total. The monoisotopic (exact) mass is 421 g/mol. The molecule has 0 bridgehead atoms. The number of ether oxygens (including phenoxy) is 1. The smallest absolute Gasteiger partial charge is 0.202 e. The lowest BCUT2D eigenvalue weighted by Gasteiger charge is -2.22. The lowest BCUT2D eigenvalue weighted by atomic mass is 9.84. The van der Waals surface area contributed by atoms with Gasteiger partial charge >= 0.3 is 0 Å². The molecule has 1 heterocycles. The number of rotatable bonds is 6. The summed E-state index contributed by atoms with van der Waals surface area (Å²) in [5.41, 5.74) is 5.73. The molecule has 0 saturated carbocycles. The first-order chi connectivity index (χ1) is 15.8. The number of nitrogens with zero attached hydrogens (tertiary/aromatic N) is 1. The molecule has 4 aromatic rings. The van der Waals surface area contributed by atoms with Crippen LogP contribution in [0.3, 0.4) is 0 Å². The van der Waals surface area contributed by atoms with Crippen molar-refractivity contribution in [1.29, 1.82) is 0 Å². The second kappa shape index (κ2) is 9.27. The van der Waals surface area contributed by atoms with Crippen molar-refractivity contribution in [1.82, 2.24) is 4.98 Å². The number of hydrogen-bond donors (Lipinski definition) is 0. The van der Waals surface area contributed by atoms with Crippen molar-refractivity contribution < 1.29 is 9.15 Å². The summed E-state index contributed by atoms with van der Waals surface area (Å²) in [4.78, 5) is 5.07. The molecule has 1 aromatic heterocycles. The molecular weight excluding hydrogens is 394 g/mol. The summed E-state index contributed by atoms with van der Waals surface area (Å²) in [5.74, 6) is 2.75. The summed E-state index contributed by atoms with van der Waals surface area (Å²) < 4.78 is 11.8. The zero-order valence-electron chi connectivity index (χ0n) is 18.3. The molecule has 160 valence electrons. The Balaban J connectivity index is 1.52. The Bertz CT molecular complexity index is 1130. The van der Waals surface area contributed by atoms with Crippen LogP contribution >= 0.6 is 0 Å². The quantitative estimate of drug-likeness (QED) is 0.303. The molecule has 32 heavy (non-hydrogen) atoms. The van der Waals surface area contributed by atoms with Crippen molar-refractivity contribution in [2.45, 2.75) is 31.6 Å². The molecule has 5 rings (SSSR count). The SMILES string of the molecule is COc1ccc(CC2=CCCCC2c2nc(-c3ccccc3)c(-c3ccccc3)o2)cc1. The van der Waals surface area contributed by atoms with Gasteiger partial charge in [0.1, 0.15) is 11.4 Å². The normalized spacial score (nSPS) is 15.9. The van der Waals surface area contributed by atoms with E-state index in [9.17, 15) is 0 Å². The van der Waals surface area contributed by atoms with Crippen molar-refractivity contribution in [3.8, 4) is 28.3 Å². The summed E-state index contributed by atoms with van der Waals surface area (Å²) >= 11 is 0. The first-order valence-electron chi connectivity index (χ1n) is 11.3. The summed E-state index contributed by atoms with van der Waals surface area (Å²) in [6.07, 6.45) is 6.61. The van der Waals surface area contributed by atoms with E-state index in [0.717, 1.165) is 59.9 Å². The lowest BCUT2D eigenvalue weighted by molar-refractivity contribution is 0.414. The summed E-state index contributed by atoms with van der Waals surface area (Å²) in [5, 5.41) is 0. The van der Waals surface area contributed by atoms with Crippen LogP contribution in [0.25, 0.3) is 22.6 Å². The minimum Gasteiger partial charge on any atom is -0.497 e. The molecule has 3 aromatic carbocycles. The van der Waals surface area contributed by atoms with Crippen LogP contribution < -0.4 is 4.74 Å². The zero-order chi connectivity index (χ0) is 21.8. The highest BCUT2D eigenvalue weighted by molar-refractivity contribution is 5.76. The number of oxazole rings is 1. The van der Waals surface area contributed by atoms with Gasteiger partial charge in [0.15, 0.2) is 5.76 Å². The van der Waals surface area contributed by atoms with E-state index in [-0.39, 0.29) is 5.92 Å². The number of aromatic nitrogens is 1. The van der Waals surface area contributed by atoms with Crippen molar-refractivity contribution in [3.63, 3.8) is 0 Å². The standard InChI is InChI=1S/C29H27NO2/c1-31-25-18-16-21(17-19-25)20-24-14-8-9-15-26(24)29-30-27(22-10-4-2-5-11-22)28(32-29)23-12-6-3-7-13-23/h2-7,10-14,16-19,26H,8-9,15,20H2,1H3. The largest absolute Gasteiger partial charge is 0.497 e. The van der Waals surface area contributed by atoms with Gasteiger partial charge in [0.25, 0.3) is 0 Å². The minimum absolute atomic E-state index is 0.200. The molecule has 3 heteroatoms. The average Bonchev–Trinajstić information content (AvgIpc) is 3.31. The topological polar surface area (TPSA) is 35.3 Å². The highest BCUT2D eigenvalue weighted by Crippen LogP contribution is 2.40. The van der Waals surface area contributed by atoms with Gasteiger partial charge in [0.05, 0.1) is 13.0 Å². The van der Waals surface area contributed by atoms with Crippen LogP contribution in [-0.2, 0) is 6.42 Å². The van der Waals surface area contributed by atoms with E-state index in [2.05, 4.69) is 42.5 Å². The van der Waals surface area contributed by atoms with E-state index >= 15 is 0 Å². The highest BCUT2D eigenvalue weighted by Gasteiger charge is 2.27. The van der Waals surface area contributed by atoms with Gasteiger partial charge in [-0.15, -0.1) is 0 Å². The van der Waals surface area contributed by atoms with Gasteiger partial charge in [-0.3, -0.25) is 0 Å². The Hall–Kier alpha value is -3.59. The molecular formula is C29H27NO2. The van der Waals surface area contributed by atoms with E-state index in [4.69, 9.17) is 14.1 Å². The van der Waals surface area contributed by atoms with E-state index in [1.165, 1.54) is 11.1 Å². The second-order valence-corrected chi connectivity index (χ2v) is 8.25. The fraction of sp³-hybridized carbons (Fsp3) is 0.207. The molecule has 1 unspecified atom stereocenters. The van der Waals surface area contributed by atoms with Crippen LogP contribution in [-0.4, -0.2) is 12.1 Å². The summed E-state index contributed by atoms with van der Waals surface area (Å²) in [6.45, 7) is 0. The highest BCUT2D eigenvalue weighted by atomic mass is 16.5. The third-order valence-electron chi connectivity index (χ3n) is 6.14. The van der Waals surface area contributed by atoms with Crippen molar-refractivity contribution in [2.24, 2.45) is 0 Å². The maximum Gasteiger partial charge on any atom is 0.202 e. The fourth-order valence-electron chi connectivity index (χ4n) is 4.46. The molecule has 0 saturated heterocycles.